The zero-order valence-electron chi connectivity index (χ0n) is 19.7. The lowest BCUT2D eigenvalue weighted by Crippen LogP contribution is -2.56. The van der Waals surface area contributed by atoms with Gasteiger partial charge in [0, 0.05) is 29.4 Å². The highest BCUT2D eigenvalue weighted by Gasteiger charge is 2.45. The minimum atomic E-state index is -0.439. The molecule has 3 nitrogen and oxygen atoms in total. The van der Waals surface area contributed by atoms with Gasteiger partial charge in [-0.15, -0.1) is 0 Å². The van der Waals surface area contributed by atoms with Gasteiger partial charge in [0.15, 0.2) is 0 Å². The Hall–Kier alpha value is -3.24. The van der Waals surface area contributed by atoms with E-state index in [2.05, 4.69) is 34.6 Å². The number of rotatable bonds is 5. The van der Waals surface area contributed by atoms with Gasteiger partial charge in [0.05, 0.1) is 11.1 Å². The minimum Gasteiger partial charge on any atom is -0.350 e. The molecule has 1 fully saturated rings. The molecular weight excluding hydrogens is 459 g/mol. The largest absolute Gasteiger partial charge is 0.350 e. The standard InChI is InChI=1S/C30H28ClFN2O/c1-20(35)34-30(19-21-5-3-2-4-6-21)15-13-23(17-28(30)22-7-9-24(31)10-8-22)26-14-16-33-29-12-11-25(32)18-27(26)29/h2-12,14,16,18,23,28H,13,15,17,19H2,1H3,(H,34,35). The van der Waals surface area contributed by atoms with E-state index in [4.69, 9.17) is 11.6 Å². The van der Waals surface area contributed by atoms with E-state index in [1.54, 1.807) is 19.1 Å². The maximum absolute atomic E-state index is 14.2. The Kier molecular flexibility index (Phi) is 6.57. The van der Waals surface area contributed by atoms with Gasteiger partial charge >= 0.3 is 0 Å². The lowest BCUT2D eigenvalue weighted by Gasteiger charge is -2.48. The number of nitrogens with zero attached hydrogens (tertiary/aromatic N) is 1. The zero-order valence-corrected chi connectivity index (χ0v) is 20.4. The first kappa shape index (κ1) is 23.5. The molecule has 1 aliphatic carbocycles. The van der Waals surface area contributed by atoms with E-state index in [0.717, 1.165) is 47.7 Å². The van der Waals surface area contributed by atoms with E-state index in [1.165, 1.54) is 11.6 Å². The number of halogens is 2. The Balaban J connectivity index is 1.59. The molecule has 3 unspecified atom stereocenters. The van der Waals surface area contributed by atoms with Gasteiger partial charge in [-0.25, -0.2) is 4.39 Å². The van der Waals surface area contributed by atoms with Crippen molar-refractivity contribution in [3.05, 3.63) is 113 Å². The summed E-state index contributed by atoms with van der Waals surface area (Å²) in [4.78, 5) is 17.0. The van der Waals surface area contributed by atoms with Crippen LogP contribution in [0, 0.1) is 5.82 Å². The number of nitrogens with one attached hydrogen (secondary N) is 1. The van der Waals surface area contributed by atoms with Crippen molar-refractivity contribution in [1.82, 2.24) is 10.3 Å². The second kappa shape index (κ2) is 9.79. The number of carbonyl (C=O) groups excluding carboxylic acids is 1. The fourth-order valence-corrected chi connectivity index (χ4v) is 6.00. The number of amides is 1. The van der Waals surface area contributed by atoms with Crippen LogP contribution in [0.1, 0.15) is 54.7 Å². The van der Waals surface area contributed by atoms with Gasteiger partial charge in [0.2, 0.25) is 5.91 Å². The van der Waals surface area contributed by atoms with Crippen molar-refractivity contribution in [3.8, 4) is 0 Å². The number of pyridine rings is 1. The first-order chi connectivity index (χ1) is 16.9. The van der Waals surface area contributed by atoms with Crippen molar-refractivity contribution in [3.63, 3.8) is 0 Å². The van der Waals surface area contributed by atoms with Crippen LogP contribution in [0.3, 0.4) is 0 Å². The van der Waals surface area contributed by atoms with Crippen LogP contribution in [0.2, 0.25) is 5.02 Å². The van der Waals surface area contributed by atoms with E-state index < -0.39 is 5.54 Å². The second-order valence-electron chi connectivity index (χ2n) is 9.64. The van der Waals surface area contributed by atoms with Gasteiger partial charge in [0.25, 0.3) is 0 Å². The molecule has 0 bridgehead atoms. The minimum absolute atomic E-state index is 0.0326. The number of hydrogen-bond donors (Lipinski definition) is 1. The molecule has 3 aromatic carbocycles. The molecule has 0 aliphatic heterocycles. The van der Waals surface area contributed by atoms with Gasteiger partial charge in [-0.2, -0.15) is 0 Å². The fourth-order valence-electron chi connectivity index (χ4n) is 5.88. The summed E-state index contributed by atoms with van der Waals surface area (Å²) >= 11 is 6.23. The summed E-state index contributed by atoms with van der Waals surface area (Å²) in [6.45, 7) is 1.59. The van der Waals surface area contributed by atoms with Crippen molar-refractivity contribution in [2.24, 2.45) is 0 Å². The van der Waals surface area contributed by atoms with E-state index in [9.17, 15) is 9.18 Å². The highest BCUT2D eigenvalue weighted by atomic mass is 35.5. The van der Waals surface area contributed by atoms with E-state index in [0.29, 0.717) is 5.02 Å². The Morgan fingerprint density at radius 1 is 1.09 bits per heavy atom. The molecule has 0 radical (unpaired) electrons. The smallest absolute Gasteiger partial charge is 0.217 e. The first-order valence-electron chi connectivity index (χ1n) is 12.1. The lowest BCUT2D eigenvalue weighted by molar-refractivity contribution is -0.121. The third-order valence-electron chi connectivity index (χ3n) is 7.36. The molecule has 5 heteroatoms. The van der Waals surface area contributed by atoms with Crippen molar-refractivity contribution in [2.45, 2.75) is 50.0 Å². The molecule has 1 N–H and O–H groups in total. The predicted octanol–water partition coefficient (Wildman–Crippen LogP) is 7.20. The molecule has 4 aromatic rings. The van der Waals surface area contributed by atoms with Crippen molar-refractivity contribution < 1.29 is 9.18 Å². The van der Waals surface area contributed by atoms with Gasteiger partial charge in [0.1, 0.15) is 5.82 Å². The van der Waals surface area contributed by atoms with E-state index in [-0.39, 0.29) is 23.6 Å². The van der Waals surface area contributed by atoms with Crippen molar-refractivity contribution in [1.29, 1.82) is 0 Å². The summed E-state index contributed by atoms with van der Waals surface area (Å²) in [6, 6.07) is 25.1. The van der Waals surface area contributed by atoms with Crippen molar-refractivity contribution in [2.75, 3.05) is 0 Å². The molecule has 178 valence electrons. The topological polar surface area (TPSA) is 42.0 Å². The molecule has 1 amide bonds. The molecule has 0 spiro atoms. The highest BCUT2D eigenvalue weighted by molar-refractivity contribution is 6.30. The quantitative estimate of drug-likeness (QED) is 0.324. The highest BCUT2D eigenvalue weighted by Crippen LogP contribution is 2.49. The summed E-state index contributed by atoms with van der Waals surface area (Å²) in [6.07, 6.45) is 5.06. The van der Waals surface area contributed by atoms with Crippen LogP contribution >= 0.6 is 11.6 Å². The normalized spacial score (nSPS) is 22.1. The Labute approximate surface area is 210 Å². The zero-order chi connectivity index (χ0) is 24.4. The number of aromatic nitrogens is 1. The summed E-state index contributed by atoms with van der Waals surface area (Å²) in [7, 11) is 0. The van der Waals surface area contributed by atoms with Crippen LogP contribution in [0.25, 0.3) is 10.9 Å². The van der Waals surface area contributed by atoms with Gasteiger partial charge < -0.3 is 5.32 Å². The van der Waals surface area contributed by atoms with Gasteiger partial charge in [-0.1, -0.05) is 54.1 Å². The molecular formula is C30H28ClFN2O. The number of hydrogen-bond acceptors (Lipinski definition) is 2. The average Bonchev–Trinajstić information content (AvgIpc) is 2.85. The second-order valence-corrected chi connectivity index (χ2v) is 10.1. The molecule has 1 saturated carbocycles. The average molecular weight is 487 g/mol. The van der Waals surface area contributed by atoms with Crippen LogP contribution in [-0.4, -0.2) is 16.4 Å². The van der Waals surface area contributed by atoms with Crippen LogP contribution in [0.5, 0.6) is 0 Å². The van der Waals surface area contributed by atoms with Crippen LogP contribution < -0.4 is 5.32 Å². The van der Waals surface area contributed by atoms with E-state index >= 15 is 0 Å². The van der Waals surface area contributed by atoms with Gasteiger partial charge in [-0.3, -0.25) is 9.78 Å². The van der Waals surface area contributed by atoms with Gasteiger partial charge in [-0.05, 0) is 84.7 Å². The summed E-state index contributed by atoms with van der Waals surface area (Å²) < 4.78 is 14.2. The summed E-state index contributed by atoms with van der Waals surface area (Å²) in [5.41, 5.74) is 3.81. The van der Waals surface area contributed by atoms with Crippen molar-refractivity contribution >= 4 is 28.4 Å². The molecule has 5 rings (SSSR count). The maximum atomic E-state index is 14.2. The summed E-state index contributed by atoms with van der Waals surface area (Å²) in [5, 5.41) is 4.93. The maximum Gasteiger partial charge on any atom is 0.217 e. The predicted molar refractivity (Wildman–Crippen MR) is 139 cm³/mol. The molecule has 0 saturated heterocycles. The number of fused-ring (bicyclic) bond motifs is 1. The van der Waals surface area contributed by atoms with Crippen LogP contribution in [-0.2, 0) is 11.2 Å². The Bertz CT molecular complexity index is 1340. The molecule has 1 aromatic heterocycles. The molecule has 1 aliphatic rings. The monoisotopic (exact) mass is 486 g/mol. The Morgan fingerprint density at radius 3 is 2.60 bits per heavy atom. The fraction of sp³-hybridized carbons (Fsp3) is 0.267. The first-order valence-corrected chi connectivity index (χ1v) is 12.4. The third-order valence-corrected chi connectivity index (χ3v) is 7.62. The SMILES string of the molecule is CC(=O)NC1(Cc2ccccc2)CCC(c2ccnc3ccc(F)cc23)CC1c1ccc(Cl)cc1. The third kappa shape index (κ3) is 4.94. The Morgan fingerprint density at radius 2 is 1.86 bits per heavy atom. The molecule has 3 atom stereocenters. The van der Waals surface area contributed by atoms with Crippen LogP contribution in [0.4, 0.5) is 4.39 Å². The number of carbonyl (C=O) groups is 1. The lowest BCUT2D eigenvalue weighted by atomic mass is 9.62. The number of benzene rings is 3. The van der Waals surface area contributed by atoms with E-state index in [1.807, 2.05) is 42.6 Å². The summed E-state index contributed by atoms with van der Waals surface area (Å²) in [5.74, 6) is -0.0247. The molecule has 1 heterocycles. The van der Waals surface area contributed by atoms with Crippen LogP contribution in [0.15, 0.2) is 85.1 Å². The molecule has 35 heavy (non-hydrogen) atoms.